The van der Waals surface area contributed by atoms with Crippen molar-refractivity contribution < 1.29 is 14.3 Å². The van der Waals surface area contributed by atoms with Gasteiger partial charge in [-0.3, -0.25) is 4.79 Å². The molecule has 1 N–H and O–H groups in total. The average Bonchev–Trinajstić information content (AvgIpc) is 3.20. The van der Waals surface area contributed by atoms with Crippen molar-refractivity contribution in [2.75, 3.05) is 27.3 Å². The van der Waals surface area contributed by atoms with Gasteiger partial charge < -0.3 is 24.3 Å². The van der Waals surface area contributed by atoms with Crippen LogP contribution in [0.25, 0.3) is 6.08 Å². The third-order valence-electron chi connectivity index (χ3n) is 6.34. The molecule has 0 saturated carbocycles. The Kier molecular flexibility index (Phi) is 16.5. The molecule has 6 nitrogen and oxygen atoms in total. The summed E-state index contributed by atoms with van der Waals surface area (Å²) in [6, 6.07) is 0. The first-order chi connectivity index (χ1) is 17.2. The van der Waals surface area contributed by atoms with Crippen LogP contribution in [0.3, 0.4) is 0 Å². The number of aryl methyl sites for hydroxylation is 1. The standard InChI is InChI=1S/C28H45N3O3.C2H6/c1-10-25(33-8)17-27-26(11-2)24(19-30(27)7)18-29-16-15-28(12-3,34-9)20-31(21-32)23(6)14-13-22(4)5;1-2/h10,13-14,17,19,21,29H,1,11-12,15-16,18,20H2,2-9H3;1-2H3/b23-14+,25-17+;. The Bertz CT molecular complexity index is 885. The van der Waals surface area contributed by atoms with Crippen molar-refractivity contribution in [1.82, 2.24) is 14.8 Å². The maximum atomic E-state index is 11.8. The van der Waals surface area contributed by atoms with E-state index in [2.05, 4.69) is 43.6 Å². The number of methoxy groups -OCH3 is 2. The van der Waals surface area contributed by atoms with E-state index in [4.69, 9.17) is 9.47 Å². The van der Waals surface area contributed by atoms with Gasteiger partial charge in [-0.25, -0.2) is 0 Å². The monoisotopic (exact) mass is 501 g/mol. The molecule has 0 aliphatic carbocycles. The van der Waals surface area contributed by atoms with Crippen LogP contribution >= 0.6 is 0 Å². The van der Waals surface area contributed by atoms with Crippen LogP contribution in [0, 0.1) is 0 Å². The molecule has 0 bridgehead atoms. The zero-order chi connectivity index (χ0) is 27.7. The second-order valence-electron chi connectivity index (χ2n) is 8.89. The molecule has 204 valence electrons. The molecule has 1 atom stereocenters. The lowest BCUT2D eigenvalue weighted by Crippen LogP contribution is -2.45. The predicted molar refractivity (Wildman–Crippen MR) is 154 cm³/mol. The first-order valence-electron chi connectivity index (χ1n) is 13.1. The van der Waals surface area contributed by atoms with Crippen LogP contribution in [-0.2, 0) is 34.3 Å². The second-order valence-corrected chi connectivity index (χ2v) is 8.89. The van der Waals surface area contributed by atoms with Crippen LogP contribution in [-0.4, -0.2) is 48.8 Å². The summed E-state index contributed by atoms with van der Waals surface area (Å²) in [6.45, 7) is 20.2. The minimum Gasteiger partial charge on any atom is -0.497 e. The number of aromatic nitrogens is 1. The fourth-order valence-electron chi connectivity index (χ4n) is 4.00. The molecule has 1 unspecified atom stereocenters. The molecule has 0 spiro atoms. The van der Waals surface area contributed by atoms with Crippen molar-refractivity contribution in [1.29, 1.82) is 0 Å². The molecule has 6 heteroatoms. The van der Waals surface area contributed by atoms with E-state index >= 15 is 0 Å². The quantitative estimate of drug-likeness (QED) is 0.123. The maximum absolute atomic E-state index is 11.8. The molecule has 0 radical (unpaired) electrons. The molecule has 0 saturated heterocycles. The Morgan fingerprint density at radius 3 is 2.33 bits per heavy atom. The SMILES string of the molecule is C=C/C(=C\c1c(CC)c(CNCCC(CC)(CN(C=O)/C(C)=C/C=C(C)C)OC)cn1C)OC.CC. The highest BCUT2D eigenvalue weighted by Gasteiger charge is 2.30. The van der Waals surface area contributed by atoms with E-state index in [1.807, 2.05) is 52.8 Å². The smallest absolute Gasteiger partial charge is 0.213 e. The average molecular weight is 502 g/mol. The van der Waals surface area contributed by atoms with E-state index in [-0.39, 0.29) is 0 Å². The van der Waals surface area contributed by atoms with Crippen LogP contribution in [0.4, 0.5) is 0 Å². The molecule has 1 heterocycles. The van der Waals surface area contributed by atoms with Crippen molar-refractivity contribution in [3.63, 3.8) is 0 Å². The van der Waals surface area contributed by atoms with Gasteiger partial charge in [0.2, 0.25) is 6.41 Å². The number of nitrogens with one attached hydrogen (secondary N) is 1. The van der Waals surface area contributed by atoms with Crippen LogP contribution in [0.2, 0.25) is 0 Å². The van der Waals surface area contributed by atoms with E-state index in [0.717, 1.165) is 55.9 Å². The lowest BCUT2D eigenvalue weighted by molar-refractivity contribution is -0.121. The maximum Gasteiger partial charge on any atom is 0.213 e. The van der Waals surface area contributed by atoms with Gasteiger partial charge in [0.1, 0.15) is 5.76 Å². The summed E-state index contributed by atoms with van der Waals surface area (Å²) in [5.41, 5.74) is 5.39. The van der Waals surface area contributed by atoms with Gasteiger partial charge in [0.05, 0.1) is 19.3 Å². The Hall–Kier alpha value is -2.57. The molecular weight excluding hydrogens is 450 g/mol. The molecule has 0 aliphatic heterocycles. The van der Waals surface area contributed by atoms with Crippen molar-refractivity contribution in [3.8, 4) is 0 Å². The zero-order valence-corrected chi connectivity index (χ0v) is 24.5. The molecule has 0 aromatic carbocycles. The predicted octanol–water partition coefficient (Wildman–Crippen LogP) is 6.39. The van der Waals surface area contributed by atoms with Gasteiger partial charge in [-0.05, 0) is 69.9 Å². The van der Waals surface area contributed by atoms with Crippen LogP contribution in [0.15, 0.2) is 48.0 Å². The number of rotatable bonds is 16. The molecular formula is C30H51N3O3. The molecule has 0 fully saturated rings. The number of allylic oxidation sites excluding steroid dienone is 5. The van der Waals surface area contributed by atoms with E-state index in [1.165, 1.54) is 16.7 Å². The molecule has 0 aliphatic rings. The summed E-state index contributed by atoms with van der Waals surface area (Å²) in [4.78, 5) is 13.6. The van der Waals surface area contributed by atoms with Gasteiger partial charge in [-0.1, -0.05) is 45.9 Å². The number of hydrogen-bond acceptors (Lipinski definition) is 4. The lowest BCUT2D eigenvalue weighted by atomic mass is 9.95. The topological polar surface area (TPSA) is 55.7 Å². The van der Waals surface area contributed by atoms with Crippen LogP contribution < -0.4 is 5.32 Å². The van der Waals surface area contributed by atoms with Crippen molar-refractivity contribution in [2.45, 2.75) is 79.9 Å². The first kappa shape index (κ1) is 33.4. The largest absolute Gasteiger partial charge is 0.497 e. The Morgan fingerprint density at radius 1 is 1.19 bits per heavy atom. The van der Waals surface area contributed by atoms with Gasteiger partial charge in [-0.15, -0.1) is 0 Å². The highest BCUT2D eigenvalue weighted by Crippen LogP contribution is 2.24. The Balaban J connectivity index is 0.00000596. The highest BCUT2D eigenvalue weighted by atomic mass is 16.5. The van der Waals surface area contributed by atoms with Gasteiger partial charge in [-0.2, -0.15) is 0 Å². The number of nitrogens with zero attached hydrogens (tertiary/aromatic N) is 2. The minimum atomic E-state index is -0.413. The summed E-state index contributed by atoms with van der Waals surface area (Å²) in [5, 5.41) is 3.59. The molecule has 36 heavy (non-hydrogen) atoms. The molecule has 1 rings (SSSR count). The van der Waals surface area contributed by atoms with Gasteiger partial charge >= 0.3 is 0 Å². The molecule has 1 amide bonds. The van der Waals surface area contributed by atoms with Gasteiger partial charge in [0.15, 0.2) is 0 Å². The van der Waals surface area contributed by atoms with Crippen LogP contribution in [0.5, 0.6) is 0 Å². The zero-order valence-electron chi connectivity index (χ0n) is 24.5. The van der Waals surface area contributed by atoms with E-state index in [0.29, 0.717) is 6.54 Å². The third kappa shape index (κ3) is 10.2. The fourth-order valence-corrected chi connectivity index (χ4v) is 4.00. The summed E-state index contributed by atoms with van der Waals surface area (Å²) in [6.07, 6.45) is 13.4. The number of hydrogen-bond donors (Lipinski definition) is 1. The molecule has 1 aromatic rings. The summed E-state index contributed by atoms with van der Waals surface area (Å²) in [5.74, 6) is 0.747. The number of carbonyl (C=O) groups excluding carboxylic acids is 1. The lowest BCUT2D eigenvalue weighted by Gasteiger charge is -2.35. The second kappa shape index (κ2) is 17.8. The third-order valence-corrected chi connectivity index (χ3v) is 6.34. The van der Waals surface area contributed by atoms with E-state index in [1.54, 1.807) is 25.2 Å². The van der Waals surface area contributed by atoms with Crippen LogP contribution in [0.1, 0.15) is 78.1 Å². The summed E-state index contributed by atoms with van der Waals surface area (Å²) >= 11 is 0. The fraction of sp³-hybridized carbons (Fsp3) is 0.567. The summed E-state index contributed by atoms with van der Waals surface area (Å²) < 4.78 is 13.5. The highest BCUT2D eigenvalue weighted by molar-refractivity contribution is 5.57. The normalized spacial score (nSPS) is 13.3. The summed E-state index contributed by atoms with van der Waals surface area (Å²) in [7, 11) is 5.45. The number of carbonyl (C=O) groups is 1. The number of ether oxygens (including phenoxy) is 2. The minimum absolute atomic E-state index is 0.413. The first-order valence-corrected chi connectivity index (χ1v) is 13.1. The Morgan fingerprint density at radius 2 is 1.86 bits per heavy atom. The van der Waals surface area contributed by atoms with Gasteiger partial charge in [0, 0.05) is 44.4 Å². The van der Waals surface area contributed by atoms with Gasteiger partial charge in [0.25, 0.3) is 0 Å². The molecule has 1 aromatic heterocycles. The van der Waals surface area contributed by atoms with E-state index < -0.39 is 5.60 Å². The van der Waals surface area contributed by atoms with Crippen molar-refractivity contribution >= 4 is 12.5 Å². The Labute approximate surface area is 220 Å². The van der Waals surface area contributed by atoms with E-state index in [9.17, 15) is 4.79 Å². The number of amides is 1. The van der Waals surface area contributed by atoms with Crippen molar-refractivity contribution in [2.24, 2.45) is 7.05 Å². The van der Waals surface area contributed by atoms with Crippen molar-refractivity contribution in [3.05, 3.63) is 64.9 Å².